The van der Waals surface area contributed by atoms with E-state index in [1.54, 1.807) is 6.20 Å². The Morgan fingerprint density at radius 3 is 2.78 bits per heavy atom. The smallest absolute Gasteiger partial charge is 0.223 e. The number of aliphatic hydroxyl groups is 1. The molecule has 27 heavy (non-hydrogen) atoms. The number of hydrogen-bond acceptors (Lipinski definition) is 7. The average molecular weight is 360 g/mol. The number of nitrogens with zero attached hydrogens (tertiary/aromatic N) is 4. The Morgan fingerprint density at radius 1 is 1.11 bits per heavy atom. The summed E-state index contributed by atoms with van der Waals surface area (Å²) >= 11 is 0. The van der Waals surface area contributed by atoms with Gasteiger partial charge in [0.1, 0.15) is 17.4 Å². The standard InChI is InChI=1S/C20H20N6O/c1-2-13-4-3-5-15(10-13)24-19-18-17(22-12-23-19)11-21-20(26-18)25-14-6-8-16(27)9-7-14/h1,3-5,10-12,14,16,27H,6-9H2,(H,21,25,26)(H,22,23,24). The summed E-state index contributed by atoms with van der Waals surface area (Å²) in [6, 6.07) is 7.82. The number of aliphatic hydroxyl groups excluding tert-OH is 1. The molecule has 0 saturated heterocycles. The Morgan fingerprint density at radius 2 is 1.96 bits per heavy atom. The molecule has 1 aliphatic rings. The van der Waals surface area contributed by atoms with Gasteiger partial charge in [0.2, 0.25) is 5.95 Å². The Labute approximate surface area is 157 Å². The van der Waals surface area contributed by atoms with Crippen LogP contribution in [0, 0.1) is 12.3 Å². The molecule has 0 spiro atoms. The van der Waals surface area contributed by atoms with Crippen molar-refractivity contribution in [2.75, 3.05) is 10.6 Å². The molecule has 7 heteroatoms. The average Bonchev–Trinajstić information content (AvgIpc) is 2.70. The highest BCUT2D eigenvalue weighted by molar-refractivity contribution is 5.87. The van der Waals surface area contributed by atoms with Crippen molar-refractivity contribution in [3.05, 3.63) is 42.4 Å². The molecule has 1 fully saturated rings. The maximum absolute atomic E-state index is 9.65. The molecule has 0 atom stereocenters. The van der Waals surface area contributed by atoms with E-state index in [0.717, 1.165) is 36.9 Å². The van der Waals surface area contributed by atoms with E-state index in [0.29, 0.717) is 22.8 Å². The van der Waals surface area contributed by atoms with Crippen LogP contribution in [0.4, 0.5) is 17.5 Å². The Bertz CT molecular complexity index is 991. The second kappa shape index (κ2) is 7.56. The number of aromatic nitrogens is 4. The summed E-state index contributed by atoms with van der Waals surface area (Å²) in [6.45, 7) is 0. The summed E-state index contributed by atoms with van der Waals surface area (Å²) in [5, 5.41) is 16.3. The van der Waals surface area contributed by atoms with Crippen LogP contribution in [0.2, 0.25) is 0 Å². The lowest BCUT2D eigenvalue weighted by atomic mass is 9.93. The van der Waals surface area contributed by atoms with Crippen LogP contribution in [0.3, 0.4) is 0 Å². The lowest BCUT2D eigenvalue weighted by Gasteiger charge is -2.26. The molecule has 136 valence electrons. The third-order valence-electron chi connectivity index (χ3n) is 4.70. The number of benzene rings is 1. The molecule has 2 heterocycles. The molecule has 1 aliphatic carbocycles. The zero-order valence-corrected chi connectivity index (χ0v) is 14.8. The number of nitrogens with one attached hydrogen (secondary N) is 2. The number of terminal acetylenes is 1. The fourth-order valence-electron chi connectivity index (χ4n) is 3.24. The summed E-state index contributed by atoms with van der Waals surface area (Å²) in [6.07, 6.45) is 11.8. The zero-order chi connectivity index (χ0) is 18.6. The Kier molecular flexibility index (Phi) is 4.81. The molecule has 3 aromatic rings. The fraction of sp³-hybridized carbons (Fsp3) is 0.300. The highest BCUT2D eigenvalue weighted by Gasteiger charge is 2.20. The third-order valence-corrected chi connectivity index (χ3v) is 4.70. The SMILES string of the molecule is C#Cc1cccc(Nc2ncnc3cnc(NC4CCC(O)CC4)nc23)c1. The Hall–Kier alpha value is -3.24. The van der Waals surface area contributed by atoms with Gasteiger partial charge in [0, 0.05) is 17.3 Å². The van der Waals surface area contributed by atoms with Gasteiger partial charge in [-0.15, -0.1) is 6.42 Å². The van der Waals surface area contributed by atoms with Crippen LogP contribution in [-0.4, -0.2) is 37.2 Å². The molecule has 2 aromatic heterocycles. The van der Waals surface area contributed by atoms with Crippen LogP contribution in [-0.2, 0) is 0 Å². The van der Waals surface area contributed by atoms with Crippen molar-refractivity contribution >= 4 is 28.5 Å². The topological polar surface area (TPSA) is 95.9 Å². The van der Waals surface area contributed by atoms with Crippen LogP contribution < -0.4 is 10.6 Å². The number of anilines is 3. The maximum atomic E-state index is 9.65. The van der Waals surface area contributed by atoms with Gasteiger partial charge in [-0.05, 0) is 43.9 Å². The zero-order valence-electron chi connectivity index (χ0n) is 14.8. The minimum atomic E-state index is -0.191. The van der Waals surface area contributed by atoms with Gasteiger partial charge in [0.25, 0.3) is 0 Å². The normalized spacial score (nSPS) is 19.4. The highest BCUT2D eigenvalue weighted by atomic mass is 16.3. The quantitative estimate of drug-likeness (QED) is 0.616. The second-order valence-corrected chi connectivity index (χ2v) is 6.65. The van der Waals surface area contributed by atoms with E-state index in [4.69, 9.17) is 6.42 Å². The van der Waals surface area contributed by atoms with Gasteiger partial charge in [-0.2, -0.15) is 0 Å². The molecule has 0 radical (unpaired) electrons. The van der Waals surface area contributed by atoms with Gasteiger partial charge >= 0.3 is 0 Å². The van der Waals surface area contributed by atoms with Crippen LogP contribution in [0.25, 0.3) is 11.0 Å². The minimum Gasteiger partial charge on any atom is -0.393 e. The number of rotatable bonds is 4. The number of fused-ring (bicyclic) bond motifs is 1. The molecule has 7 nitrogen and oxygen atoms in total. The molecule has 0 unspecified atom stereocenters. The molecule has 3 N–H and O–H groups in total. The first-order chi connectivity index (χ1) is 13.2. The lowest BCUT2D eigenvalue weighted by Crippen LogP contribution is -2.28. The first kappa shape index (κ1) is 17.2. The van der Waals surface area contributed by atoms with Gasteiger partial charge < -0.3 is 15.7 Å². The molecule has 1 aromatic carbocycles. The largest absolute Gasteiger partial charge is 0.393 e. The predicted molar refractivity (Wildman–Crippen MR) is 105 cm³/mol. The van der Waals surface area contributed by atoms with Crippen molar-refractivity contribution in [1.82, 2.24) is 19.9 Å². The second-order valence-electron chi connectivity index (χ2n) is 6.65. The van der Waals surface area contributed by atoms with E-state index in [9.17, 15) is 5.11 Å². The van der Waals surface area contributed by atoms with Crippen LogP contribution >= 0.6 is 0 Å². The van der Waals surface area contributed by atoms with Crippen LogP contribution in [0.5, 0.6) is 0 Å². The predicted octanol–water partition coefficient (Wildman–Crippen LogP) is 2.86. The van der Waals surface area contributed by atoms with E-state index in [1.807, 2.05) is 24.3 Å². The third kappa shape index (κ3) is 3.96. The van der Waals surface area contributed by atoms with E-state index in [2.05, 4.69) is 36.5 Å². The first-order valence-corrected chi connectivity index (χ1v) is 8.97. The fourth-order valence-corrected chi connectivity index (χ4v) is 3.24. The minimum absolute atomic E-state index is 0.191. The summed E-state index contributed by atoms with van der Waals surface area (Å²) in [5.74, 6) is 3.76. The Balaban J connectivity index is 1.60. The van der Waals surface area contributed by atoms with E-state index in [1.165, 1.54) is 6.33 Å². The van der Waals surface area contributed by atoms with E-state index >= 15 is 0 Å². The molecular formula is C20H20N6O. The van der Waals surface area contributed by atoms with Crippen molar-refractivity contribution in [3.63, 3.8) is 0 Å². The molecule has 1 saturated carbocycles. The summed E-state index contributed by atoms with van der Waals surface area (Å²) < 4.78 is 0. The van der Waals surface area contributed by atoms with Gasteiger partial charge in [-0.25, -0.2) is 19.9 Å². The molecule has 4 rings (SSSR count). The monoisotopic (exact) mass is 360 g/mol. The summed E-state index contributed by atoms with van der Waals surface area (Å²) in [7, 11) is 0. The van der Waals surface area contributed by atoms with Crippen LogP contribution in [0.1, 0.15) is 31.2 Å². The van der Waals surface area contributed by atoms with Gasteiger partial charge in [0.15, 0.2) is 5.82 Å². The van der Waals surface area contributed by atoms with Gasteiger partial charge in [-0.3, -0.25) is 0 Å². The maximum Gasteiger partial charge on any atom is 0.223 e. The lowest BCUT2D eigenvalue weighted by molar-refractivity contribution is 0.126. The number of hydrogen-bond donors (Lipinski definition) is 3. The molecule has 0 amide bonds. The highest BCUT2D eigenvalue weighted by Crippen LogP contribution is 2.24. The van der Waals surface area contributed by atoms with E-state index < -0.39 is 0 Å². The van der Waals surface area contributed by atoms with Crippen LogP contribution in [0.15, 0.2) is 36.8 Å². The van der Waals surface area contributed by atoms with Crippen molar-refractivity contribution in [2.24, 2.45) is 0 Å². The molecule has 0 bridgehead atoms. The summed E-state index contributed by atoms with van der Waals surface area (Å²) in [5.41, 5.74) is 2.91. The van der Waals surface area contributed by atoms with Crippen molar-refractivity contribution in [2.45, 2.75) is 37.8 Å². The first-order valence-electron chi connectivity index (χ1n) is 8.97. The van der Waals surface area contributed by atoms with Crippen molar-refractivity contribution in [3.8, 4) is 12.3 Å². The van der Waals surface area contributed by atoms with Gasteiger partial charge in [0.05, 0.1) is 12.3 Å². The van der Waals surface area contributed by atoms with Crippen molar-refractivity contribution < 1.29 is 5.11 Å². The van der Waals surface area contributed by atoms with Gasteiger partial charge in [-0.1, -0.05) is 12.0 Å². The molecule has 0 aliphatic heterocycles. The van der Waals surface area contributed by atoms with E-state index in [-0.39, 0.29) is 12.1 Å². The molecular weight excluding hydrogens is 340 g/mol. The van der Waals surface area contributed by atoms with Crippen molar-refractivity contribution in [1.29, 1.82) is 0 Å². The summed E-state index contributed by atoms with van der Waals surface area (Å²) in [4.78, 5) is 17.6.